The van der Waals surface area contributed by atoms with Crippen molar-refractivity contribution < 1.29 is 28.2 Å². The summed E-state index contributed by atoms with van der Waals surface area (Å²) in [6, 6.07) is 7.26. The summed E-state index contributed by atoms with van der Waals surface area (Å²) in [5.74, 6) is 0.210. The van der Waals surface area contributed by atoms with Gasteiger partial charge in [-0.25, -0.2) is 14.2 Å². The van der Waals surface area contributed by atoms with Gasteiger partial charge < -0.3 is 19.5 Å². The summed E-state index contributed by atoms with van der Waals surface area (Å²) in [4.78, 5) is 39.7. The topological polar surface area (TPSA) is 116 Å². The Labute approximate surface area is 224 Å². The summed E-state index contributed by atoms with van der Waals surface area (Å²) < 4.78 is 31.9. The van der Waals surface area contributed by atoms with E-state index < -0.39 is 11.6 Å². The lowest BCUT2D eigenvalue weighted by atomic mass is 9.68. The molecule has 2 amide bonds. The number of fused-ring (bicyclic) bond motifs is 5. The highest BCUT2D eigenvalue weighted by molar-refractivity contribution is 5.94. The fourth-order valence-electron chi connectivity index (χ4n) is 5.99. The molecule has 6 heterocycles. The number of hydrogen-bond donors (Lipinski definition) is 1. The van der Waals surface area contributed by atoms with E-state index in [9.17, 15) is 14.0 Å². The highest BCUT2D eigenvalue weighted by atomic mass is 19.1. The van der Waals surface area contributed by atoms with Crippen molar-refractivity contribution in [3.63, 3.8) is 0 Å². The lowest BCUT2D eigenvalue weighted by Gasteiger charge is -2.56. The van der Waals surface area contributed by atoms with Gasteiger partial charge in [-0.05, 0) is 69.7 Å². The van der Waals surface area contributed by atoms with E-state index in [-0.39, 0.29) is 30.5 Å². The summed E-state index contributed by atoms with van der Waals surface area (Å²) in [6.07, 6.45) is 4.87. The molecule has 1 N–H and O–H groups in total. The third kappa shape index (κ3) is 4.64. The number of pyridine rings is 3. The van der Waals surface area contributed by atoms with E-state index in [1.807, 2.05) is 19.1 Å². The average Bonchev–Trinajstić information content (AvgIpc) is 2.95. The fraction of sp³-hybridized carbons (Fsp3) is 0.464. The third-order valence-electron chi connectivity index (χ3n) is 8.29. The van der Waals surface area contributed by atoms with E-state index in [4.69, 9.17) is 14.2 Å². The molecule has 2 saturated heterocycles. The van der Waals surface area contributed by atoms with Gasteiger partial charge in [-0.2, -0.15) is 0 Å². The van der Waals surface area contributed by atoms with Crippen LogP contribution in [0.25, 0.3) is 11.0 Å². The molecule has 7 rings (SSSR count). The van der Waals surface area contributed by atoms with Crippen LogP contribution in [0.3, 0.4) is 0 Å². The van der Waals surface area contributed by atoms with Crippen LogP contribution < -0.4 is 10.1 Å². The average molecular weight is 536 g/mol. The molecule has 2 bridgehead atoms. The molecule has 3 aromatic heterocycles. The lowest BCUT2D eigenvalue weighted by molar-refractivity contribution is -0.191. The van der Waals surface area contributed by atoms with Gasteiger partial charge in [0.15, 0.2) is 18.2 Å². The number of carbonyl (C=O) groups is 2. The van der Waals surface area contributed by atoms with Gasteiger partial charge in [0.2, 0.25) is 0 Å². The molecule has 3 aliphatic heterocycles. The highest BCUT2D eigenvalue weighted by Gasteiger charge is 2.54. The van der Waals surface area contributed by atoms with E-state index >= 15 is 0 Å². The number of nitrogens with zero attached hydrogens (tertiary/aromatic N) is 4. The van der Waals surface area contributed by atoms with Crippen LogP contribution in [-0.2, 0) is 27.2 Å². The van der Waals surface area contributed by atoms with Crippen molar-refractivity contribution in [3.05, 3.63) is 53.2 Å². The van der Waals surface area contributed by atoms with Crippen LogP contribution in [0.4, 0.5) is 15.0 Å². The zero-order valence-corrected chi connectivity index (χ0v) is 22.0. The number of anilines is 1. The van der Waals surface area contributed by atoms with Crippen molar-refractivity contribution in [2.24, 2.45) is 0 Å². The molecule has 1 saturated carbocycles. The molecule has 10 nitrogen and oxygen atoms in total. The van der Waals surface area contributed by atoms with Crippen LogP contribution in [0.2, 0.25) is 0 Å². The second-order valence-corrected chi connectivity index (χ2v) is 10.6. The van der Waals surface area contributed by atoms with Gasteiger partial charge in [-0.15, -0.1) is 0 Å². The summed E-state index contributed by atoms with van der Waals surface area (Å²) >= 11 is 0. The Morgan fingerprint density at radius 3 is 2.74 bits per heavy atom. The number of aromatic nitrogens is 3. The number of carbonyl (C=O) groups excluding carboxylic acids is 2. The molecular weight excluding hydrogens is 505 g/mol. The first-order valence-corrected chi connectivity index (χ1v) is 13.1. The van der Waals surface area contributed by atoms with E-state index in [0.29, 0.717) is 53.3 Å². The Bertz CT molecular complexity index is 1430. The Balaban J connectivity index is 1.18. The molecule has 39 heavy (non-hydrogen) atoms. The van der Waals surface area contributed by atoms with Crippen molar-refractivity contribution in [1.82, 2.24) is 19.9 Å². The quantitative estimate of drug-likeness (QED) is 0.502. The van der Waals surface area contributed by atoms with Gasteiger partial charge in [0.05, 0.1) is 54.3 Å². The molecule has 0 radical (unpaired) electrons. The molecule has 11 heteroatoms. The molecule has 0 atom stereocenters. The fourth-order valence-corrected chi connectivity index (χ4v) is 5.99. The summed E-state index contributed by atoms with van der Waals surface area (Å²) in [5.41, 5.74) is 2.33. The van der Waals surface area contributed by atoms with E-state index in [1.165, 1.54) is 13.3 Å². The number of halogens is 1. The molecule has 4 aliphatic rings. The molecule has 0 spiro atoms. The van der Waals surface area contributed by atoms with Gasteiger partial charge >= 0.3 is 6.09 Å². The zero-order chi connectivity index (χ0) is 27.2. The maximum Gasteiger partial charge on any atom is 0.410 e. The van der Waals surface area contributed by atoms with Gasteiger partial charge in [-0.1, -0.05) is 0 Å². The predicted molar refractivity (Wildman–Crippen MR) is 139 cm³/mol. The van der Waals surface area contributed by atoms with E-state index in [1.54, 1.807) is 17.0 Å². The van der Waals surface area contributed by atoms with Crippen molar-refractivity contribution in [2.75, 3.05) is 25.6 Å². The number of rotatable bonds is 6. The van der Waals surface area contributed by atoms with Crippen LogP contribution in [0.1, 0.15) is 49.1 Å². The first kappa shape index (κ1) is 25.4. The van der Waals surface area contributed by atoms with Crippen molar-refractivity contribution in [3.8, 4) is 5.75 Å². The van der Waals surface area contributed by atoms with Crippen LogP contribution in [0.15, 0.2) is 30.5 Å². The maximum absolute atomic E-state index is 14.8. The van der Waals surface area contributed by atoms with E-state index in [2.05, 4.69) is 20.3 Å². The van der Waals surface area contributed by atoms with Crippen molar-refractivity contribution >= 4 is 28.9 Å². The van der Waals surface area contributed by atoms with Crippen LogP contribution in [0.5, 0.6) is 5.75 Å². The molecular formula is C28H30FN5O5. The highest BCUT2D eigenvalue weighted by Crippen LogP contribution is 2.49. The molecule has 0 aromatic carbocycles. The largest absolute Gasteiger partial charge is 0.480 e. The van der Waals surface area contributed by atoms with Crippen LogP contribution in [-0.4, -0.2) is 63.3 Å². The number of ether oxygens (including phenoxy) is 3. The second-order valence-electron chi connectivity index (χ2n) is 10.6. The molecule has 3 fully saturated rings. The standard InChI is InChI=1S/C28H30FN5O5/c1-17-3-5-21-24(31-17)19(20(29)13-30-21)7-8-28-11-9-27(10-12-28,16-39-28)34(26(36)37-2)14-18-4-6-22-25(32-18)33-23(35)15-38-22/h3-6,13H,7-12,14-16H2,1-2H3,(H,32,33,35). The summed E-state index contributed by atoms with van der Waals surface area (Å²) in [7, 11) is 1.36. The Morgan fingerprint density at radius 2 is 2.00 bits per heavy atom. The number of hydrogen-bond acceptors (Lipinski definition) is 8. The normalized spacial score (nSPS) is 23.6. The summed E-state index contributed by atoms with van der Waals surface area (Å²) in [6.45, 7) is 2.38. The predicted octanol–water partition coefficient (Wildman–Crippen LogP) is 4.09. The van der Waals surface area contributed by atoms with Gasteiger partial charge in [0.1, 0.15) is 5.82 Å². The number of nitrogens with one attached hydrogen (secondary N) is 1. The van der Waals surface area contributed by atoms with Crippen LogP contribution in [0, 0.1) is 12.7 Å². The molecule has 204 valence electrons. The Hall–Kier alpha value is -3.86. The van der Waals surface area contributed by atoms with Crippen molar-refractivity contribution in [1.29, 1.82) is 0 Å². The minimum absolute atomic E-state index is 0.0509. The first-order valence-electron chi connectivity index (χ1n) is 13.1. The first-order chi connectivity index (χ1) is 18.8. The monoisotopic (exact) mass is 535 g/mol. The smallest absolute Gasteiger partial charge is 0.410 e. The molecule has 3 aromatic rings. The van der Waals surface area contributed by atoms with Gasteiger partial charge in [-0.3, -0.25) is 19.7 Å². The summed E-state index contributed by atoms with van der Waals surface area (Å²) in [5, 5.41) is 2.71. The SMILES string of the molecule is COC(=O)N(Cc1ccc2c(n1)NC(=O)CO2)C12CCC(CCc3c(F)cnc4ccc(C)nc34)(CC1)OC2. The molecule has 1 aliphatic carbocycles. The van der Waals surface area contributed by atoms with Crippen LogP contribution >= 0.6 is 0 Å². The van der Waals surface area contributed by atoms with Gasteiger partial charge in [0.25, 0.3) is 5.91 Å². The number of amides is 2. The Morgan fingerprint density at radius 1 is 1.18 bits per heavy atom. The second kappa shape index (κ2) is 9.71. The van der Waals surface area contributed by atoms with Gasteiger partial charge in [0, 0.05) is 11.3 Å². The van der Waals surface area contributed by atoms with E-state index in [0.717, 1.165) is 31.4 Å². The third-order valence-corrected chi connectivity index (χ3v) is 8.29. The zero-order valence-electron chi connectivity index (χ0n) is 22.0. The maximum atomic E-state index is 14.8. The minimum atomic E-state index is -0.542. The number of aryl methyl sites for hydroxylation is 2. The van der Waals surface area contributed by atoms with Crippen molar-refractivity contribution in [2.45, 2.75) is 63.1 Å². The minimum Gasteiger partial charge on any atom is -0.480 e. The molecule has 0 unspecified atom stereocenters. The Kier molecular flexibility index (Phi) is 6.33. The number of methoxy groups -OCH3 is 1. The lowest BCUT2D eigenvalue weighted by Crippen LogP contribution is -2.64.